The maximum absolute atomic E-state index is 12.4. The van der Waals surface area contributed by atoms with E-state index < -0.39 is 0 Å². The maximum atomic E-state index is 12.4. The van der Waals surface area contributed by atoms with Crippen molar-refractivity contribution in [3.63, 3.8) is 0 Å². The third-order valence-corrected chi connectivity index (χ3v) is 6.22. The van der Waals surface area contributed by atoms with E-state index in [0.717, 1.165) is 87.9 Å². The first-order chi connectivity index (χ1) is 15.7. The molecule has 4 rings (SSSR count). The number of rotatable bonds is 7. The van der Waals surface area contributed by atoms with E-state index in [1.165, 1.54) is 0 Å². The molecule has 8 heteroatoms. The number of aromatic nitrogens is 1. The van der Waals surface area contributed by atoms with E-state index in [4.69, 9.17) is 9.52 Å². The number of guanidine groups is 1. The van der Waals surface area contributed by atoms with E-state index in [2.05, 4.69) is 38.6 Å². The molecule has 1 aliphatic heterocycles. The van der Waals surface area contributed by atoms with Crippen LogP contribution in [0.2, 0.25) is 0 Å². The van der Waals surface area contributed by atoms with Crippen molar-refractivity contribution in [2.24, 2.45) is 10.9 Å². The summed E-state index contributed by atoms with van der Waals surface area (Å²) in [6.07, 6.45) is 5.96. The molecule has 1 amide bonds. The first-order valence-corrected chi connectivity index (χ1v) is 11.8. The second-order valence-electron chi connectivity index (χ2n) is 8.60. The molecule has 0 atom stereocenters. The van der Waals surface area contributed by atoms with E-state index in [0.29, 0.717) is 6.54 Å². The number of anilines is 1. The van der Waals surface area contributed by atoms with Gasteiger partial charge in [0.25, 0.3) is 0 Å². The average Bonchev–Trinajstić information content (AvgIpc) is 3.52. The molecule has 0 unspecified atom stereocenters. The molecule has 172 valence electrons. The van der Waals surface area contributed by atoms with Crippen molar-refractivity contribution in [1.29, 1.82) is 0 Å². The number of nitrogens with one attached hydrogen (secondary N) is 2. The highest BCUT2D eigenvalue weighted by atomic mass is 16.5. The van der Waals surface area contributed by atoms with Gasteiger partial charge in [-0.25, -0.2) is 4.99 Å². The third kappa shape index (κ3) is 6.09. The van der Waals surface area contributed by atoms with Crippen molar-refractivity contribution in [3.8, 4) is 0 Å². The predicted octanol–water partition coefficient (Wildman–Crippen LogP) is 3.09. The molecule has 1 aromatic heterocycles. The topological polar surface area (TPSA) is 86.0 Å². The van der Waals surface area contributed by atoms with E-state index >= 15 is 0 Å². The molecule has 32 heavy (non-hydrogen) atoms. The molecule has 2 aromatic rings. The zero-order chi connectivity index (χ0) is 22.2. The molecule has 2 aliphatic rings. The van der Waals surface area contributed by atoms with Gasteiger partial charge in [0.15, 0.2) is 5.96 Å². The van der Waals surface area contributed by atoms with Gasteiger partial charge in [-0.05, 0) is 37.5 Å². The Hall–Kier alpha value is -2.87. The minimum atomic E-state index is 0.153. The average molecular weight is 439 g/mol. The van der Waals surface area contributed by atoms with Gasteiger partial charge in [0, 0.05) is 56.9 Å². The van der Waals surface area contributed by atoms with Crippen LogP contribution in [-0.2, 0) is 17.9 Å². The molecular formula is C24H34N6O2. The summed E-state index contributed by atoms with van der Waals surface area (Å²) < 4.78 is 4.94. The Morgan fingerprint density at radius 1 is 1.19 bits per heavy atom. The molecule has 1 saturated heterocycles. The smallest absolute Gasteiger partial charge is 0.227 e. The van der Waals surface area contributed by atoms with Gasteiger partial charge in [-0.1, -0.05) is 30.1 Å². The summed E-state index contributed by atoms with van der Waals surface area (Å²) in [4.78, 5) is 22.0. The lowest BCUT2D eigenvalue weighted by atomic mass is 10.1. The number of carbonyl (C=O) groups excluding carboxylic acids is 1. The van der Waals surface area contributed by atoms with Crippen LogP contribution in [0.3, 0.4) is 0 Å². The van der Waals surface area contributed by atoms with E-state index in [1.807, 2.05) is 24.3 Å². The highest BCUT2D eigenvalue weighted by Gasteiger charge is 2.23. The molecule has 1 saturated carbocycles. The number of aliphatic imine (C=N–C) groups is 1. The predicted molar refractivity (Wildman–Crippen MR) is 125 cm³/mol. The fourth-order valence-electron chi connectivity index (χ4n) is 4.44. The van der Waals surface area contributed by atoms with Crippen molar-refractivity contribution < 1.29 is 9.32 Å². The number of hydrogen-bond acceptors (Lipinski definition) is 5. The summed E-state index contributed by atoms with van der Waals surface area (Å²) in [5.74, 6) is 1.26. The van der Waals surface area contributed by atoms with Crippen LogP contribution in [0.4, 0.5) is 5.69 Å². The lowest BCUT2D eigenvalue weighted by Gasteiger charge is -2.36. The van der Waals surface area contributed by atoms with Crippen LogP contribution in [0.1, 0.15) is 43.9 Å². The highest BCUT2D eigenvalue weighted by molar-refractivity contribution is 5.92. The summed E-state index contributed by atoms with van der Waals surface area (Å²) >= 11 is 0. The molecule has 2 N–H and O–H groups in total. The molecule has 0 bridgehead atoms. The molecule has 1 aliphatic carbocycles. The Balaban J connectivity index is 1.32. The van der Waals surface area contributed by atoms with Crippen molar-refractivity contribution in [1.82, 2.24) is 20.3 Å². The third-order valence-electron chi connectivity index (χ3n) is 6.22. The quantitative estimate of drug-likeness (QED) is 0.510. The van der Waals surface area contributed by atoms with Crippen LogP contribution >= 0.6 is 0 Å². The second kappa shape index (κ2) is 11.1. The highest BCUT2D eigenvalue weighted by Crippen LogP contribution is 2.26. The van der Waals surface area contributed by atoms with Gasteiger partial charge in [-0.3, -0.25) is 9.69 Å². The van der Waals surface area contributed by atoms with Crippen LogP contribution in [0.15, 0.2) is 46.1 Å². The summed E-state index contributed by atoms with van der Waals surface area (Å²) in [7, 11) is 0. The minimum Gasteiger partial charge on any atom is -0.364 e. The molecule has 0 spiro atoms. The van der Waals surface area contributed by atoms with Crippen molar-refractivity contribution in [2.45, 2.75) is 45.7 Å². The number of piperazine rings is 1. The van der Waals surface area contributed by atoms with Crippen LogP contribution in [0.5, 0.6) is 0 Å². The Bertz CT molecular complexity index is 884. The van der Waals surface area contributed by atoms with Crippen LogP contribution in [0.25, 0.3) is 0 Å². The minimum absolute atomic E-state index is 0.153. The number of hydrogen-bond donors (Lipinski definition) is 2. The Kier molecular flexibility index (Phi) is 7.77. The van der Waals surface area contributed by atoms with Crippen molar-refractivity contribution in [3.05, 3.63) is 47.9 Å². The van der Waals surface area contributed by atoms with Gasteiger partial charge in [-0.2, -0.15) is 0 Å². The summed E-state index contributed by atoms with van der Waals surface area (Å²) in [5, 5.41) is 10.5. The van der Waals surface area contributed by atoms with E-state index in [-0.39, 0.29) is 11.8 Å². The fraction of sp³-hybridized carbons (Fsp3) is 0.542. The Morgan fingerprint density at radius 2 is 2.00 bits per heavy atom. The maximum Gasteiger partial charge on any atom is 0.227 e. The van der Waals surface area contributed by atoms with Gasteiger partial charge in [0.05, 0.1) is 12.2 Å². The number of nitrogens with zero attached hydrogens (tertiary/aromatic N) is 4. The van der Waals surface area contributed by atoms with Gasteiger partial charge < -0.3 is 20.1 Å². The molecule has 0 radical (unpaired) electrons. The van der Waals surface area contributed by atoms with Crippen molar-refractivity contribution in [2.75, 3.05) is 38.0 Å². The SMILES string of the molecule is CCNC(=NCc1cccc(NC(=O)C2CCCC2)c1)N1CCN(Cc2ccon2)CC1. The van der Waals surface area contributed by atoms with Gasteiger partial charge in [-0.15, -0.1) is 0 Å². The fourth-order valence-corrected chi connectivity index (χ4v) is 4.44. The number of amides is 1. The second-order valence-corrected chi connectivity index (χ2v) is 8.60. The summed E-state index contributed by atoms with van der Waals surface area (Å²) in [6.45, 7) is 8.07. The summed E-state index contributed by atoms with van der Waals surface area (Å²) in [5.41, 5.74) is 2.93. The van der Waals surface area contributed by atoms with Gasteiger partial charge in [0.2, 0.25) is 5.91 Å². The van der Waals surface area contributed by atoms with Crippen LogP contribution in [-0.4, -0.2) is 59.5 Å². The first-order valence-electron chi connectivity index (χ1n) is 11.8. The molecule has 2 fully saturated rings. The molecule has 2 heterocycles. The standard InChI is InChI=1S/C24H34N6O2/c1-2-25-24(30-13-11-29(12-14-30)18-22-10-15-32-28-22)26-17-19-6-5-9-21(16-19)27-23(31)20-7-3-4-8-20/h5-6,9-10,15-16,20H,2-4,7-8,11-14,17-18H2,1H3,(H,25,26)(H,27,31). The number of carbonyl (C=O) groups is 1. The zero-order valence-corrected chi connectivity index (χ0v) is 18.9. The normalized spacial score (nSPS) is 18.2. The van der Waals surface area contributed by atoms with E-state index in [1.54, 1.807) is 6.26 Å². The lowest BCUT2D eigenvalue weighted by Crippen LogP contribution is -2.52. The molecule has 8 nitrogen and oxygen atoms in total. The van der Waals surface area contributed by atoms with Crippen LogP contribution < -0.4 is 10.6 Å². The van der Waals surface area contributed by atoms with Crippen molar-refractivity contribution >= 4 is 17.6 Å². The lowest BCUT2D eigenvalue weighted by molar-refractivity contribution is -0.119. The van der Waals surface area contributed by atoms with E-state index in [9.17, 15) is 4.79 Å². The van der Waals surface area contributed by atoms with Crippen LogP contribution in [0, 0.1) is 5.92 Å². The summed E-state index contributed by atoms with van der Waals surface area (Å²) in [6, 6.07) is 9.97. The van der Waals surface area contributed by atoms with Gasteiger partial charge >= 0.3 is 0 Å². The molecular weight excluding hydrogens is 404 g/mol. The molecule has 1 aromatic carbocycles. The number of benzene rings is 1. The Labute approximate surface area is 190 Å². The first kappa shape index (κ1) is 22.3. The largest absolute Gasteiger partial charge is 0.364 e. The Morgan fingerprint density at radius 3 is 2.72 bits per heavy atom. The van der Waals surface area contributed by atoms with Gasteiger partial charge in [0.1, 0.15) is 6.26 Å². The monoisotopic (exact) mass is 438 g/mol. The zero-order valence-electron chi connectivity index (χ0n) is 18.9.